The maximum Gasteiger partial charge on any atom is 0.273 e. The van der Waals surface area contributed by atoms with Gasteiger partial charge >= 0.3 is 0 Å². The monoisotopic (exact) mass is 355 g/mol. The Morgan fingerprint density at radius 1 is 1.04 bits per heavy atom. The molecular weight excluding hydrogens is 338 g/mol. The second kappa shape index (κ2) is 6.83. The normalized spacial score (nSPS) is 12.9. The Balaban J connectivity index is 1.52. The van der Waals surface area contributed by atoms with E-state index in [1.807, 2.05) is 0 Å². The molecule has 2 aromatic rings. The molecule has 0 aliphatic carbocycles. The van der Waals surface area contributed by atoms with E-state index in [4.69, 9.17) is 4.42 Å². The van der Waals surface area contributed by atoms with E-state index in [9.17, 15) is 19.2 Å². The number of rotatable bonds is 4. The first-order valence-electron chi connectivity index (χ1n) is 8.00. The van der Waals surface area contributed by atoms with Crippen LogP contribution in [0.4, 0.5) is 0 Å². The lowest BCUT2D eigenvalue weighted by Gasteiger charge is -2.13. The zero-order chi connectivity index (χ0) is 18.8. The summed E-state index contributed by atoms with van der Waals surface area (Å²) < 4.78 is 5.26. The third-order valence-electron chi connectivity index (χ3n) is 4.04. The lowest BCUT2D eigenvalue weighted by atomic mass is 10.1. The average Bonchev–Trinajstić information content (AvgIpc) is 3.08. The first-order valence-corrected chi connectivity index (χ1v) is 8.00. The van der Waals surface area contributed by atoms with Crippen molar-refractivity contribution in [2.45, 2.75) is 20.3 Å². The molecule has 0 saturated heterocycles. The molecule has 0 atom stereocenters. The Kier molecular flexibility index (Phi) is 4.57. The number of nitrogens with zero attached hydrogens (tertiary/aromatic N) is 1. The third-order valence-corrected chi connectivity index (χ3v) is 4.04. The lowest BCUT2D eigenvalue weighted by molar-refractivity contribution is -0.121. The number of hydrogen-bond acceptors (Lipinski definition) is 5. The van der Waals surface area contributed by atoms with Gasteiger partial charge < -0.3 is 4.42 Å². The second-order valence-electron chi connectivity index (χ2n) is 5.89. The van der Waals surface area contributed by atoms with E-state index in [0.717, 1.165) is 4.90 Å². The molecule has 1 aliphatic heterocycles. The van der Waals surface area contributed by atoms with Gasteiger partial charge in [0.15, 0.2) is 0 Å². The fourth-order valence-corrected chi connectivity index (χ4v) is 2.77. The standard InChI is InChI=1S/C18H17N3O5/c1-10-9-14(11(2)26-10)16(23)20-19-15(22)7-8-21-17(24)12-5-3-4-6-13(12)18(21)25/h3-6,9H,7-8H2,1-2H3,(H,19,22)(H,20,23). The van der Waals surface area contributed by atoms with Gasteiger partial charge in [0.05, 0.1) is 16.7 Å². The Labute approximate surface area is 149 Å². The number of amides is 4. The number of nitrogens with one attached hydrogen (secondary N) is 2. The van der Waals surface area contributed by atoms with Crippen molar-refractivity contribution in [2.24, 2.45) is 0 Å². The summed E-state index contributed by atoms with van der Waals surface area (Å²) in [5.74, 6) is -0.843. The SMILES string of the molecule is Cc1cc(C(=O)NNC(=O)CCN2C(=O)c3ccccc3C2=O)c(C)o1. The molecule has 8 nitrogen and oxygen atoms in total. The average molecular weight is 355 g/mol. The molecule has 1 aliphatic rings. The van der Waals surface area contributed by atoms with E-state index in [1.54, 1.807) is 44.2 Å². The maximum atomic E-state index is 12.2. The van der Waals surface area contributed by atoms with Crippen molar-refractivity contribution in [3.8, 4) is 0 Å². The van der Waals surface area contributed by atoms with Crippen LogP contribution in [0.5, 0.6) is 0 Å². The number of carbonyl (C=O) groups is 4. The van der Waals surface area contributed by atoms with Gasteiger partial charge in [0.1, 0.15) is 11.5 Å². The Hall–Kier alpha value is -3.42. The van der Waals surface area contributed by atoms with Crippen LogP contribution in [0.25, 0.3) is 0 Å². The molecule has 1 aromatic carbocycles. The van der Waals surface area contributed by atoms with Crippen LogP contribution in [0.3, 0.4) is 0 Å². The molecule has 0 fully saturated rings. The van der Waals surface area contributed by atoms with Crippen LogP contribution in [0.15, 0.2) is 34.7 Å². The van der Waals surface area contributed by atoms with Gasteiger partial charge in [-0.1, -0.05) is 12.1 Å². The van der Waals surface area contributed by atoms with Gasteiger partial charge in [-0.3, -0.25) is 34.9 Å². The van der Waals surface area contributed by atoms with Crippen LogP contribution in [0.2, 0.25) is 0 Å². The number of fused-ring (bicyclic) bond motifs is 1. The summed E-state index contributed by atoms with van der Waals surface area (Å²) in [5, 5.41) is 0. The number of hydrogen-bond donors (Lipinski definition) is 2. The molecule has 0 radical (unpaired) electrons. The van der Waals surface area contributed by atoms with Gasteiger partial charge in [0.25, 0.3) is 17.7 Å². The van der Waals surface area contributed by atoms with Gasteiger partial charge in [0.2, 0.25) is 5.91 Å². The number of carbonyl (C=O) groups excluding carboxylic acids is 4. The van der Waals surface area contributed by atoms with E-state index in [2.05, 4.69) is 10.9 Å². The van der Waals surface area contributed by atoms with Crippen molar-refractivity contribution in [2.75, 3.05) is 6.54 Å². The fraction of sp³-hybridized carbons (Fsp3) is 0.222. The zero-order valence-corrected chi connectivity index (χ0v) is 14.3. The number of benzene rings is 1. The summed E-state index contributed by atoms with van der Waals surface area (Å²) in [5.41, 5.74) is 5.53. The number of hydrazine groups is 1. The number of aryl methyl sites for hydroxylation is 2. The summed E-state index contributed by atoms with van der Waals surface area (Å²) >= 11 is 0. The quantitative estimate of drug-likeness (QED) is 0.635. The van der Waals surface area contributed by atoms with Crippen LogP contribution >= 0.6 is 0 Å². The van der Waals surface area contributed by atoms with Crippen molar-refractivity contribution in [1.82, 2.24) is 15.8 Å². The van der Waals surface area contributed by atoms with E-state index in [-0.39, 0.29) is 13.0 Å². The zero-order valence-electron chi connectivity index (χ0n) is 14.3. The van der Waals surface area contributed by atoms with Crippen molar-refractivity contribution < 1.29 is 23.6 Å². The van der Waals surface area contributed by atoms with Gasteiger partial charge in [-0.2, -0.15) is 0 Å². The predicted octanol–water partition coefficient (Wildman–Crippen LogP) is 1.34. The summed E-state index contributed by atoms with van der Waals surface area (Å²) in [6.07, 6.45) is -0.130. The van der Waals surface area contributed by atoms with Gasteiger partial charge in [0, 0.05) is 13.0 Å². The van der Waals surface area contributed by atoms with E-state index in [1.165, 1.54) is 0 Å². The lowest BCUT2D eigenvalue weighted by Crippen LogP contribution is -2.43. The van der Waals surface area contributed by atoms with E-state index >= 15 is 0 Å². The highest BCUT2D eigenvalue weighted by molar-refractivity contribution is 6.21. The topological polar surface area (TPSA) is 109 Å². The van der Waals surface area contributed by atoms with Crippen LogP contribution in [-0.4, -0.2) is 35.1 Å². The molecular formula is C18H17N3O5. The number of imide groups is 1. The van der Waals surface area contributed by atoms with Crippen molar-refractivity contribution in [3.05, 3.63) is 58.5 Å². The first kappa shape index (κ1) is 17.4. The highest BCUT2D eigenvalue weighted by Crippen LogP contribution is 2.22. The molecule has 8 heteroatoms. The smallest absolute Gasteiger partial charge is 0.273 e. The summed E-state index contributed by atoms with van der Waals surface area (Å²) in [7, 11) is 0. The van der Waals surface area contributed by atoms with Gasteiger partial charge in [-0.15, -0.1) is 0 Å². The van der Waals surface area contributed by atoms with Crippen LogP contribution in [0, 0.1) is 13.8 Å². The molecule has 3 rings (SSSR count). The minimum atomic E-state index is -0.521. The van der Waals surface area contributed by atoms with Gasteiger partial charge in [-0.05, 0) is 32.0 Å². The first-order chi connectivity index (χ1) is 12.4. The second-order valence-corrected chi connectivity index (χ2v) is 5.89. The predicted molar refractivity (Wildman–Crippen MR) is 90.2 cm³/mol. The third kappa shape index (κ3) is 3.21. The summed E-state index contributed by atoms with van der Waals surface area (Å²) in [6.45, 7) is 3.29. The van der Waals surface area contributed by atoms with E-state index < -0.39 is 23.6 Å². The molecule has 2 N–H and O–H groups in total. The van der Waals surface area contributed by atoms with Crippen LogP contribution in [-0.2, 0) is 4.79 Å². The van der Waals surface area contributed by atoms with Crippen molar-refractivity contribution in [1.29, 1.82) is 0 Å². The Bertz CT molecular complexity index is 880. The Morgan fingerprint density at radius 2 is 1.65 bits per heavy atom. The molecule has 26 heavy (non-hydrogen) atoms. The highest BCUT2D eigenvalue weighted by atomic mass is 16.3. The fourth-order valence-electron chi connectivity index (χ4n) is 2.77. The molecule has 0 spiro atoms. The molecule has 0 saturated carbocycles. The van der Waals surface area contributed by atoms with Crippen molar-refractivity contribution in [3.63, 3.8) is 0 Å². The van der Waals surface area contributed by atoms with E-state index in [0.29, 0.717) is 28.2 Å². The molecule has 4 amide bonds. The number of furan rings is 1. The Morgan fingerprint density at radius 3 is 2.19 bits per heavy atom. The highest BCUT2D eigenvalue weighted by Gasteiger charge is 2.34. The molecule has 0 unspecified atom stereocenters. The van der Waals surface area contributed by atoms with Crippen molar-refractivity contribution >= 4 is 23.6 Å². The minimum Gasteiger partial charge on any atom is -0.466 e. The molecule has 2 heterocycles. The summed E-state index contributed by atoms with van der Waals surface area (Å²) in [6, 6.07) is 8.07. The van der Waals surface area contributed by atoms with Crippen LogP contribution < -0.4 is 10.9 Å². The van der Waals surface area contributed by atoms with Gasteiger partial charge in [-0.25, -0.2) is 0 Å². The molecule has 134 valence electrons. The van der Waals surface area contributed by atoms with Crippen LogP contribution in [0.1, 0.15) is 49.0 Å². The largest absolute Gasteiger partial charge is 0.466 e. The molecule has 0 bridgehead atoms. The molecule has 1 aromatic heterocycles. The summed E-state index contributed by atoms with van der Waals surface area (Å²) in [4.78, 5) is 49.3. The maximum absolute atomic E-state index is 12.2. The minimum absolute atomic E-state index is 0.0715.